The summed E-state index contributed by atoms with van der Waals surface area (Å²) in [5, 5.41) is 16.5. The lowest BCUT2D eigenvalue weighted by Gasteiger charge is -2.30. The molecule has 0 aromatic heterocycles. The highest BCUT2D eigenvalue weighted by Crippen LogP contribution is 2.29. The van der Waals surface area contributed by atoms with Crippen LogP contribution in [0.5, 0.6) is 5.75 Å². The lowest BCUT2D eigenvalue weighted by Crippen LogP contribution is -2.38. The fourth-order valence-electron chi connectivity index (χ4n) is 5.65. The van der Waals surface area contributed by atoms with E-state index in [1.54, 1.807) is 38.1 Å². The molecule has 2 aliphatic rings. The highest BCUT2D eigenvalue weighted by molar-refractivity contribution is 6.24. The first kappa shape index (κ1) is 38.6. The number of methoxy groups -OCH3 is 3. The largest absolute Gasteiger partial charge is 0.497 e. The molecule has 1 heterocycles. The molecule has 13 heteroatoms. The molecule has 3 rings (SSSR count). The maximum Gasteiger partial charge on any atom is 0.405 e. The Morgan fingerprint density at radius 2 is 1.69 bits per heavy atom. The predicted octanol–water partition coefficient (Wildman–Crippen LogP) is 3.20. The van der Waals surface area contributed by atoms with E-state index in [9.17, 15) is 29.1 Å². The van der Waals surface area contributed by atoms with Gasteiger partial charge in [-0.1, -0.05) is 38.2 Å². The van der Waals surface area contributed by atoms with Crippen LogP contribution in [0.25, 0.3) is 0 Å². The molecule has 1 aromatic carbocycles. The van der Waals surface area contributed by atoms with Crippen LogP contribution in [0.2, 0.25) is 0 Å². The lowest BCUT2D eigenvalue weighted by molar-refractivity contribution is -0.120. The molecule has 264 valence electrons. The third-order valence-electron chi connectivity index (χ3n) is 8.38. The number of fused-ring (bicyclic) bond motifs is 2. The van der Waals surface area contributed by atoms with E-state index in [1.807, 2.05) is 6.92 Å². The van der Waals surface area contributed by atoms with Gasteiger partial charge in [0.25, 0.3) is 11.8 Å². The number of Topliss-reactive ketones (excluding diaryl/α,β-unsaturated/α-hetero) is 1. The topological polar surface area (TPSA) is 193 Å². The summed E-state index contributed by atoms with van der Waals surface area (Å²) >= 11 is 0. The molecule has 1 aromatic rings. The number of amides is 3. The quantitative estimate of drug-likeness (QED) is 0.256. The Kier molecular flexibility index (Phi) is 13.8. The van der Waals surface area contributed by atoms with Gasteiger partial charge in [0.1, 0.15) is 11.9 Å². The van der Waals surface area contributed by atoms with Crippen molar-refractivity contribution >= 4 is 29.5 Å². The SMILES string of the molecule is COc1ccc(C(=O)NC2=C3C[C@@H](C)C[C@H](OC)[C@H](O)[C@@H](C)/C=C(\C)[C@@H](OC(N)=O)[C@@H](OC)/C=C\C=C(/C)C(=O)NC(=CC2=O)C3=O)cc1. The third-order valence-corrected chi connectivity index (χ3v) is 8.38. The maximum absolute atomic E-state index is 13.9. The van der Waals surface area contributed by atoms with Crippen LogP contribution in [0.3, 0.4) is 0 Å². The molecule has 0 saturated heterocycles. The zero-order valence-corrected chi connectivity index (χ0v) is 28.8. The zero-order valence-electron chi connectivity index (χ0n) is 28.8. The van der Waals surface area contributed by atoms with E-state index in [0.717, 1.165) is 6.08 Å². The van der Waals surface area contributed by atoms with Crippen LogP contribution < -0.4 is 21.1 Å². The summed E-state index contributed by atoms with van der Waals surface area (Å²) in [7, 11) is 4.35. The minimum absolute atomic E-state index is 0.000818. The van der Waals surface area contributed by atoms with Crippen molar-refractivity contribution in [3.63, 3.8) is 0 Å². The standard InChI is InChI=1S/C36H45N3O10/c1-19-15-25-30(39-35(44)23-11-13-24(46-5)14-12-23)27(40)18-26(32(25)42)38-34(43)20(2)9-8-10-28(47-6)33(49-36(37)45)22(4)17-21(3)31(41)29(16-19)48-7/h8-14,17-19,21,28-29,31,33,41H,15-16H2,1-7H3,(H2,37,45)(H,38,43)(H,39,44)/b10-8-,20-9+,22-17+/t19-,21+,28+,29+,31-,33-/m1/s1. The van der Waals surface area contributed by atoms with Crippen LogP contribution in [0.4, 0.5) is 4.79 Å². The number of ketones is 2. The molecule has 0 radical (unpaired) electrons. The Morgan fingerprint density at radius 1 is 1.02 bits per heavy atom. The number of allylic oxidation sites excluding steroid dienone is 4. The van der Waals surface area contributed by atoms with Gasteiger partial charge in [-0.15, -0.1) is 0 Å². The van der Waals surface area contributed by atoms with E-state index in [-0.39, 0.29) is 46.9 Å². The van der Waals surface area contributed by atoms with Gasteiger partial charge in [-0.05, 0) is 62.4 Å². The molecule has 0 unspecified atom stereocenters. The van der Waals surface area contributed by atoms with Crippen LogP contribution in [-0.4, -0.2) is 80.3 Å². The molecule has 0 saturated carbocycles. The highest BCUT2D eigenvalue weighted by atomic mass is 16.6. The third kappa shape index (κ3) is 10.1. The van der Waals surface area contributed by atoms with Gasteiger partial charge >= 0.3 is 6.09 Å². The minimum Gasteiger partial charge on any atom is -0.497 e. The van der Waals surface area contributed by atoms with Gasteiger partial charge < -0.3 is 40.4 Å². The first-order chi connectivity index (χ1) is 23.2. The van der Waals surface area contributed by atoms with Gasteiger partial charge in [0.2, 0.25) is 11.6 Å². The van der Waals surface area contributed by atoms with Crippen LogP contribution >= 0.6 is 0 Å². The Hall–Kier alpha value is -4.85. The molecule has 3 amide bonds. The Labute approximate surface area is 285 Å². The first-order valence-electron chi connectivity index (χ1n) is 15.7. The van der Waals surface area contributed by atoms with Gasteiger partial charge in [-0.3, -0.25) is 19.2 Å². The van der Waals surface area contributed by atoms with Crippen molar-refractivity contribution in [1.29, 1.82) is 0 Å². The van der Waals surface area contributed by atoms with Crippen molar-refractivity contribution in [2.75, 3.05) is 21.3 Å². The molecule has 6 atom stereocenters. The van der Waals surface area contributed by atoms with E-state index in [1.165, 1.54) is 52.5 Å². The van der Waals surface area contributed by atoms with Crippen molar-refractivity contribution < 1.29 is 48.0 Å². The van der Waals surface area contributed by atoms with Gasteiger partial charge in [-0.25, -0.2) is 4.79 Å². The van der Waals surface area contributed by atoms with Crippen molar-refractivity contribution in [3.05, 3.63) is 88.3 Å². The predicted molar refractivity (Wildman–Crippen MR) is 180 cm³/mol. The summed E-state index contributed by atoms with van der Waals surface area (Å²) in [6.45, 7) is 6.81. The van der Waals surface area contributed by atoms with Gasteiger partial charge in [0.15, 0.2) is 6.10 Å². The van der Waals surface area contributed by atoms with Crippen LogP contribution in [0.1, 0.15) is 50.9 Å². The molecule has 5 N–H and O–H groups in total. The number of hydrogen-bond acceptors (Lipinski definition) is 10. The van der Waals surface area contributed by atoms with Crippen molar-refractivity contribution in [3.8, 4) is 5.75 Å². The number of nitrogens with one attached hydrogen (secondary N) is 2. The number of nitrogens with two attached hydrogens (primary N) is 1. The summed E-state index contributed by atoms with van der Waals surface area (Å²) in [6, 6.07) is 6.22. The number of ether oxygens (including phenoxy) is 4. The normalized spacial score (nSPS) is 28.7. The fourth-order valence-corrected chi connectivity index (χ4v) is 5.65. The number of aliphatic hydroxyl groups is 1. The smallest absolute Gasteiger partial charge is 0.405 e. The molecule has 49 heavy (non-hydrogen) atoms. The Balaban J connectivity index is 2.08. The van der Waals surface area contributed by atoms with Crippen molar-refractivity contribution in [2.24, 2.45) is 17.6 Å². The van der Waals surface area contributed by atoms with E-state index >= 15 is 0 Å². The Bertz CT molecular complexity index is 1590. The number of hydrogen-bond donors (Lipinski definition) is 4. The molecule has 13 nitrogen and oxygen atoms in total. The molecule has 1 aliphatic heterocycles. The molecule has 0 spiro atoms. The summed E-state index contributed by atoms with van der Waals surface area (Å²) in [5.41, 5.74) is 5.86. The van der Waals surface area contributed by atoms with E-state index in [4.69, 9.17) is 24.7 Å². The second-order valence-corrected chi connectivity index (χ2v) is 12.1. The number of aliphatic hydroxyl groups excluding tert-OH is 1. The number of carbonyl (C=O) groups excluding carboxylic acids is 5. The molecular formula is C36H45N3O10. The average Bonchev–Trinajstić information content (AvgIpc) is 3.07. The van der Waals surface area contributed by atoms with Gasteiger partial charge in [0.05, 0.1) is 30.7 Å². The second-order valence-electron chi connectivity index (χ2n) is 12.1. The summed E-state index contributed by atoms with van der Waals surface area (Å²) in [4.78, 5) is 65.5. The fraction of sp³-hybridized carbons (Fsp3) is 0.417. The van der Waals surface area contributed by atoms with Crippen LogP contribution in [0, 0.1) is 11.8 Å². The molecular weight excluding hydrogens is 634 g/mol. The summed E-state index contributed by atoms with van der Waals surface area (Å²) in [5.74, 6) is -2.91. The van der Waals surface area contributed by atoms with Crippen molar-refractivity contribution in [2.45, 2.75) is 65.0 Å². The molecule has 2 bridgehead atoms. The molecule has 1 aliphatic carbocycles. The lowest BCUT2D eigenvalue weighted by atomic mass is 9.85. The van der Waals surface area contributed by atoms with E-state index in [0.29, 0.717) is 11.3 Å². The number of carbonyl (C=O) groups is 5. The van der Waals surface area contributed by atoms with Gasteiger partial charge in [0, 0.05) is 42.9 Å². The van der Waals surface area contributed by atoms with Crippen LogP contribution in [-0.2, 0) is 28.6 Å². The maximum atomic E-state index is 13.9. The monoisotopic (exact) mass is 679 g/mol. The van der Waals surface area contributed by atoms with Crippen LogP contribution in [0.15, 0.2) is 82.8 Å². The first-order valence-corrected chi connectivity index (χ1v) is 15.7. The van der Waals surface area contributed by atoms with E-state index < -0.39 is 59.8 Å². The highest BCUT2D eigenvalue weighted by Gasteiger charge is 2.34. The molecule has 0 fully saturated rings. The minimum atomic E-state index is -1.04. The van der Waals surface area contributed by atoms with Crippen molar-refractivity contribution in [1.82, 2.24) is 10.6 Å². The Morgan fingerprint density at radius 3 is 2.29 bits per heavy atom. The number of rotatable bonds is 6. The van der Waals surface area contributed by atoms with E-state index in [2.05, 4.69) is 10.6 Å². The van der Waals surface area contributed by atoms with Gasteiger partial charge in [-0.2, -0.15) is 0 Å². The number of primary amides is 1. The summed E-state index contributed by atoms with van der Waals surface area (Å²) < 4.78 is 21.8. The average molecular weight is 680 g/mol. The number of benzene rings is 1. The zero-order chi connectivity index (χ0) is 36.4. The summed E-state index contributed by atoms with van der Waals surface area (Å²) in [6.07, 6.45) is 2.94. The second kappa shape index (κ2) is 17.5.